The Morgan fingerprint density at radius 3 is 3.00 bits per heavy atom. The van der Waals surface area contributed by atoms with Gasteiger partial charge in [-0.05, 0) is 18.6 Å². The lowest BCUT2D eigenvalue weighted by atomic mass is 10.2. The third kappa shape index (κ3) is 1.80. The molecule has 0 radical (unpaired) electrons. The Kier molecular flexibility index (Phi) is 2.18. The predicted molar refractivity (Wildman–Crippen MR) is 60.3 cm³/mol. The fraction of sp³-hybridized carbons (Fsp3) is 0.250. The van der Waals surface area contributed by atoms with E-state index in [0.717, 1.165) is 17.1 Å². The molecule has 0 aliphatic heterocycles. The molecule has 1 aliphatic rings. The molecule has 5 nitrogen and oxygen atoms in total. The van der Waals surface area contributed by atoms with Gasteiger partial charge in [0.1, 0.15) is 5.82 Å². The van der Waals surface area contributed by atoms with Gasteiger partial charge in [0.25, 0.3) is 0 Å². The largest absolute Gasteiger partial charge is 0.481 e. The lowest BCUT2D eigenvalue weighted by molar-refractivity contribution is -0.138. The van der Waals surface area contributed by atoms with Gasteiger partial charge in [0.05, 0.1) is 17.8 Å². The summed E-state index contributed by atoms with van der Waals surface area (Å²) in [6.07, 6.45) is 5.86. The molecule has 0 spiro atoms. The zero-order valence-electron chi connectivity index (χ0n) is 9.00. The molecule has 1 aliphatic carbocycles. The van der Waals surface area contributed by atoms with Crippen LogP contribution in [0.2, 0.25) is 0 Å². The van der Waals surface area contributed by atoms with Crippen LogP contribution in [0.15, 0.2) is 30.7 Å². The number of carbonyl (C=O) groups is 1. The minimum atomic E-state index is -0.741. The molecule has 1 saturated carbocycles. The third-order valence-electron chi connectivity index (χ3n) is 3.03. The monoisotopic (exact) mass is 229 g/mol. The summed E-state index contributed by atoms with van der Waals surface area (Å²) in [5.74, 6) is -0.216. The molecule has 2 heterocycles. The number of nitrogens with one attached hydrogen (secondary N) is 1. The van der Waals surface area contributed by atoms with E-state index in [1.54, 1.807) is 18.6 Å². The van der Waals surface area contributed by atoms with E-state index in [2.05, 4.69) is 15.0 Å². The summed E-state index contributed by atoms with van der Waals surface area (Å²) in [4.78, 5) is 22.2. The highest BCUT2D eigenvalue weighted by Gasteiger charge is 2.46. The van der Waals surface area contributed by atoms with E-state index in [1.807, 2.05) is 12.1 Å². The molecular formula is C12H11N3O2. The Bertz CT molecular complexity index is 550. The van der Waals surface area contributed by atoms with Crippen molar-refractivity contribution in [3.8, 4) is 11.3 Å². The molecule has 2 atom stereocenters. The minimum absolute atomic E-state index is 0.0397. The van der Waals surface area contributed by atoms with Crippen molar-refractivity contribution >= 4 is 5.97 Å². The highest BCUT2D eigenvalue weighted by Crippen LogP contribution is 2.46. The second-order valence-corrected chi connectivity index (χ2v) is 4.21. The average Bonchev–Trinajstić information content (AvgIpc) is 3.01. The van der Waals surface area contributed by atoms with E-state index < -0.39 is 5.97 Å². The Balaban J connectivity index is 1.83. The maximum absolute atomic E-state index is 10.8. The van der Waals surface area contributed by atoms with E-state index in [0.29, 0.717) is 6.42 Å². The smallest absolute Gasteiger partial charge is 0.307 e. The van der Waals surface area contributed by atoms with Crippen molar-refractivity contribution in [1.29, 1.82) is 0 Å². The molecule has 0 bridgehead atoms. The van der Waals surface area contributed by atoms with Gasteiger partial charge < -0.3 is 10.1 Å². The Hall–Kier alpha value is -2.17. The number of carboxylic acid groups (broad SMARTS) is 1. The summed E-state index contributed by atoms with van der Waals surface area (Å²) >= 11 is 0. The van der Waals surface area contributed by atoms with Gasteiger partial charge in [-0.25, -0.2) is 4.98 Å². The fourth-order valence-electron chi connectivity index (χ4n) is 1.96. The van der Waals surface area contributed by atoms with E-state index in [4.69, 9.17) is 5.11 Å². The van der Waals surface area contributed by atoms with Crippen LogP contribution in [0.5, 0.6) is 0 Å². The van der Waals surface area contributed by atoms with Gasteiger partial charge in [-0.2, -0.15) is 0 Å². The molecule has 0 saturated heterocycles. The number of rotatable bonds is 3. The van der Waals surface area contributed by atoms with E-state index in [9.17, 15) is 4.79 Å². The van der Waals surface area contributed by atoms with Crippen LogP contribution in [0.25, 0.3) is 11.3 Å². The first-order valence-corrected chi connectivity index (χ1v) is 5.44. The van der Waals surface area contributed by atoms with Gasteiger partial charge >= 0.3 is 5.97 Å². The number of pyridine rings is 1. The number of carboxylic acids is 1. The number of aliphatic carboxylic acids is 1. The number of hydrogen-bond acceptors (Lipinski definition) is 3. The van der Waals surface area contributed by atoms with Gasteiger partial charge in [0, 0.05) is 23.9 Å². The molecule has 17 heavy (non-hydrogen) atoms. The van der Waals surface area contributed by atoms with E-state index in [-0.39, 0.29) is 11.8 Å². The van der Waals surface area contributed by atoms with Crippen LogP contribution in [0, 0.1) is 5.92 Å². The standard InChI is InChI=1S/C12H11N3O2/c16-12(17)9-4-8(9)11-14-6-10(15-11)7-2-1-3-13-5-7/h1-3,5-6,8-9H,4H2,(H,14,15)(H,16,17). The van der Waals surface area contributed by atoms with Crippen molar-refractivity contribution < 1.29 is 9.90 Å². The molecule has 0 amide bonds. The van der Waals surface area contributed by atoms with Crippen LogP contribution in [0.3, 0.4) is 0 Å². The Morgan fingerprint density at radius 2 is 2.35 bits per heavy atom. The highest BCUT2D eigenvalue weighted by atomic mass is 16.4. The number of H-pyrrole nitrogens is 1. The number of hydrogen-bond donors (Lipinski definition) is 2. The van der Waals surface area contributed by atoms with Crippen molar-refractivity contribution in [2.75, 3.05) is 0 Å². The molecule has 2 unspecified atom stereocenters. The summed E-state index contributed by atoms with van der Waals surface area (Å²) in [5, 5.41) is 8.86. The maximum Gasteiger partial charge on any atom is 0.307 e. The van der Waals surface area contributed by atoms with Crippen molar-refractivity contribution in [2.45, 2.75) is 12.3 Å². The second kappa shape index (κ2) is 3.69. The zero-order valence-corrected chi connectivity index (χ0v) is 9.00. The maximum atomic E-state index is 10.8. The van der Waals surface area contributed by atoms with Crippen molar-refractivity contribution in [3.05, 3.63) is 36.5 Å². The molecule has 86 valence electrons. The van der Waals surface area contributed by atoms with Crippen LogP contribution >= 0.6 is 0 Å². The topological polar surface area (TPSA) is 78.9 Å². The zero-order chi connectivity index (χ0) is 11.8. The molecule has 3 rings (SSSR count). The van der Waals surface area contributed by atoms with Crippen LogP contribution in [-0.4, -0.2) is 26.0 Å². The van der Waals surface area contributed by atoms with Gasteiger partial charge in [-0.15, -0.1) is 0 Å². The molecule has 0 aromatic carbocycles. The number of aromatic nitrogens is 3. The first-order chi connectivity index (χ1) is 8.25. The van der Waals surface area contributed by atoms with Gasteiger partial charge in [0.15, 0.2) is 0 Å². The molecule has 2 N–H and O–H groups in total. The van der Waals surface area contributed by atoms with Crippen LogP contribution in [-0.2, 0) is 4.79 Å². The number of imidazole rings is 1. The SMILES string of the molecule is O=C(O)C1CC1c1ncc(-c2cccnc2)[nH]1. The average molecular weight is 229 g/mol. The lowest BCUT2D eigenvalue weighted by Gasteiger charge is -1.95. The Labute approximate surface area is 97.5 Å². The van der Waals surface area contributed by atoms with Crippen molar-refractivity contribution in [1.82, 2.24) is 15.0 Å². The summed E-state index contributed by atoms with van der Waals surface area (Å²) < 4.78 is 0. The Morgan fingerprint density at radius 1 is 1.47 bits per heavy atom. The highest BCUT2D eigenvalue weighted by molar-refractivity contribution is 5.75. The number of aromatic amines is 1. The molecular weight excluding hydrogens is 218 g/mol. The van der Waals surface area contributed by atoms with Crippen molar-refractivity contribution in [2.24, 2.45) is 5.92 Å². The minimum Gasteiger partial charge on any atom is -0.481 e. The second-order valence-electron chi connectivity index (χ2n) is 4.21. The van der Waals surface area contributed by atoms with Gasteiger partial charge in [0.2, 0.25) is 0 Å². The van der Waals surface area contributed by atoms with E-state index in [1.165, 1.54) is 0 Å². The summed E-state index contributed by atoms with van der Waals surface area (Å²) in [5.41, 5.74) is 1.84. The lowest BCUT2D eigenvalue weighted by Crippen LogP contribution is -1.99. The molecule has 2 aromatic heterocycles. The molecule has 2 aromatic rings. The quantitative estimate of drug-likeness (QED) is 0.838. The summed E-state index contributed by atoms with van der Waals surface area (Å²) in [6, 6.07) is 3.79. The molecule has 5 heteroatoms. The first-order valence-electron chi connectivity index (χ1n) is 5.44. The fourth-order valence-corrected chi connectivity index (χ4v) is 1.96. The van der Waals surface area contributed by atoms with Gasteiger partial charge in [-0.1, -0.05) is 0 Å². The van der Waals surface area contributed by atoms with E-state index >= 15 is 0 Å². The van der Waals surface area contributed by atoms with Crippen molar-refractivity contribution in [3.63, 3.8) is 0 Å². The third-order valence-corrected chi connectivity index (χ3v) is 3.03. The normalized spacial score (nSPS) is 22.4. The number of nitrogens with zero attached hydrogens (tertiary/aromatic N) is 2. The predicted octanol–water partition coefficient (Wildman–Crippen LogP) is 1.66. The first kappa shape index (κ1) is 10.0. The summed E-state index contributed by atoms with van der Waals surface area (Å²) in [6.45, 7) is 0. The van der Waals surface area contributed by atoms with Gasteiger partial charge in [-0.3, -0.25) is 9.78 Å². The molecule has 1 fully saturated rings. The van der Waals surface area contributed by atoms with Crippen LogP contribution in [0.1, 0.15) is 18.2 Å². The van der Waals surface area contributed by atoms with Crippen LogP contribution < -0.4 is 0 Å². The van der Waals surface area contributed by atoms with Crippen LogP contribution in [0.4, 0.5) is 0 Å². The summed E-state index contributed by atoms with van der Waals surface area (Å²) in [7, 11) is 0.